The molecular formula is C16H21NO4. The molecule has 2 unspecified atom stereocenters. The van der Waals surface area contributed by atoms with Crippen molar-refractivity contribution in [3.63, 3.8) is 0 Å². The molecule has 0 radical (unpaired) electrons. The lowest BCUT2D eigenvalue weighted by Gasteiger charge is -2.31. The highest BCUT2D eigenvalue weighted by molar-refractivity contribution is 5.69. The molecule has 1 fully saturated rings. The van der Waals surface area contributed by atoms with E-state index in [9.17, 15) is 9.59 Å². The number of nitrogens with one attached hydrogen (secondary N) is 1. The number of hydrogen-bond donors (Lipinski definition) is 1. The minimum absolute atomic E-state index is 0.127. The molecule has 1 saturated heterocycles. The van der Waals surface area contributed by atoms with Gasteiger partial charge in [-0.1, -0.05) is 18.6 Å². The average molecular weight is 291 g/mol. The van der Waals surface area contributed by atoms with Crippen molar-refractivity contribution in [3.05, 3.63) is 29.8 Å². The fraction of sp³-hybridized carbons (Fsp3) is 0.500. The average Bonchev–Trinajstić information content (AvgIpc) is 2.46. The summed E-state index contributed by atoms with van der Waals surface area (Å²) in [6.45, 7) is 3.72. The van der Waals surface area contributed by atoms with E-state index < -0.39 is 0 Å². The molecule has 1 aliphatic heterocycles. The van der Waals surface area contributed by atoms with E-state index in [1.54, 1.807) is 12.1 Å². The highest BCUT2D eigenvalue weighted by Crippen LogP contribution is 2.28. The molecule has 2 atom stereocenters. The number of piperidine rings is 1. The molecule has 0 bridgehead atoms. The van der Waals surface area contributed by atoms with Crippen LogP contribution in [-0.2, 0) is 14.3 Å². The summed E-state index contributed by atoms with van der Waals surface area (Å²) in [4.78, 5) is 22.3. The number of rotatable bonds is 4. The molecule has 1 aromatic rings. The van der Waals surface area contributed by atoms with Crippen molar-refractivity contribution in [2.24, 2.45) is 0 Å². The first-order valence-corrected chi connectivity index (χ1v) is 7.25. The summed E-state index contributed by atoms with van der Waals surface area (Å²) in [5.74, 6) is -0.158. The van der Waals surface area contributed by atoms with Crippen LogP contribution in [0.3, 0.4) is 0 Å². The van der Waals surface area contributed by atoms with Crippen LogP contribution in [-0.4, -0.2) is 24.5 Å². The van der Waals surface area contributed by atoms with Gasteiger partial charge in [0.15, 0.2) is 0 Å². The maximum absolute atomic E-state index is 11.4. The van der Waals surface area contributed by atoms with E-state index in [0.29, 0.717) is 5.75 Å². The standard InChI is InChI=1S/C16H21NO4/c1-11(18)20-14-8-6-13(7-9-14)16(21-12(2)19)15-5-3-4-10-17-15/h6-9,15-17H,3-5,10H2,1-2H3. The van der Waals surface area contributed by atoms with Crippen LogP contribution in [0.25, 0.3) is 0 Å². The Morgan fingerprint density at radius 3 is 2.38 bits per heavy atom. The van der Waals surface area contributed by atoms with Gasteiger partial charge in [-0.3, -0.25) is 9.59 Å². The zero-order chi connectivity index (χ0) is 15.2. The SMILES string of the molecule is CC(=O)Oc1ccc(C(OC(C)=O)C2CCCCN2)cc1. The second-order valence-corrected chi connectivity index (χ2v) is 5.25. The Morgan fingerprint density at radius 1 is 1.14 bits per heavy atom. The molecule has 0 aromatic heterocycles. The zero-order valence-electron chi connectivity index (χ0n) is 12.4. The summed E-state index contributed by atoms with van der Waals surface area (Å²) < 4.78 is 10.5. The van der Waals surface area contributed by atoms with Crippen LogP contribution in [0.4, 0.5) is 0 Å². The Hall–Kier alpha value is -1.88. The third kappa shape index (κ3) is 4.56. The van der Waals surface area contributed by atoms with Crippen molar-refractivity contribution in [3.8, 4) is 5.75 Å². The van der Waals surface area contributed by atoms with E-state index in [1.165, 1.54) is 13.8 Å². The summed E-state index contributed by atoms with van der Waals surface area (Å²) >= 11 is 0. The van der Waals surface area contributed by atoms with Crippen LogP contribution >= 0.6 is 0 Å². The van der Waals surface area contributed by atoms with Gasteiger partial charge in [-0.2, -0.15) is 0 Å². The first-order chi connectivity index (χ1) is 10.1. The summed E-state index contributed by atoms with van der Waals surface area (Å²) in [7, 11) is 0. The van der Waals surface area contributed by atoms with Crippen molar-refractivity contribution >= 4 is 11.9 Å². The van der Waals surface area contributed by atoms with Gasteiger partial charge in [0.25, 0.3) is 0 Å². The third-order valence-corrected chi connectivity index (χ3v) is 3.48. The molecule has 0 aliphatic carbocycles. The van der Waals surface area contributed by atoms with Gasteiger partial charge < -0.3 is 14.8 Å². The van der Waals surface area contributed by atoms with Crippen LogP contribution in [0.5, 0.6) is 5.75 Å². The van der Waals surface area contributed by atoms with Crippen LogP contribution in [0.15, 0.2) is 24.3 Å². The normalized spacial score (nSPS) is 19.6. The van der Waals surface area contributed by atoms with Gasteiger partial charge in [0, 0.05) is 19.9 Å². The van der Waals surface area contributed by atoms with E-state index in [1.807, 2.05) is 12.1 Å². The van der Waals surface area contributed by atoms with Crippen LogP contribution in [0, 0.1) is 0 Å². The van der Waals surface area contributed by atoms with Gasteiger partial charge in [0.05, 0.1) is 0 Å². The molecule has 0 amide bonds. The number of esters is 2. The summed E-state index contributed by atoms with van der Waals surface area (Å²) in [5.41, 5.74) is 0.903. The molecule has 1 aromatic carbocycles. The first kappa shape index (κ1) is 15.5. The second kappa shape index (κ2) is 7.22. The minimum Gasteiger partial charge on any atom is -0.456 e. The second-order valence-electron chi connectivity index (χ2n) is 5.25. The predicted molar refractivity (Wildman–Crippen MR) is 77.9 cm³/mol. The molecule has 1 heterocycles. The van der Waals surface area contributed by atoms with Crippen molar-refractivity contribution in [1.82, 2.24) is 5.32 Å². The predicted octanol–water partition coefficient (Wildman–Crippen LogP) is 2.36. The summed E-state index contributed by atoms with van der Waals surface area (Å²) in [5, 5.41) is 3.41. The van der Waals surface area contributed by atoms with Gasteiger partial charge in [-0.25, -0.2) is 0 Å². The highest BCUT2D eigenvalue weighted by Gasteiger charge is 2.27. The summed E-state index contributed by atoms with van der Waals surface area (Å²) in [6.07, 6.45) is 2.94. The Balaban J connectivity index is 2.15. The lowest BCUT2D eigenvalue weighted by atomic mass is 9.94. The Labute approximate surface area is 124 Å². The molecule has 21 heavy (non-hydrogen) atoms. The van der Waals surface area contributed by atoms with Gasteiger partial charge in [-0.15, -0.1) is 0 Å². The first-order valence-electron chi connectivity index (χ1n) is 7.25. The molecule has 1 N–H and O–H groups in total. The molecule has 5 nitrogen and oxygen atoms in total. The topological polar surface area (TPSA) is 64.6 Å². The largest absolute Gasteiger partial charge is 0.456 e. The van der Waals surface area contributed by atoms with E-state index in [2.05, 4.69) is 5.32 Å². The maximum Gasteiger partial charge on any atom is 0.308 e. The smallest absolute Gasteiger partial charge is 0.308 e. The molecule has 114 valence electrons. The highest BCUT2D eigenvalue weighted by atomic mass is 16.5. The Kier molecular flexibility index (Phi) is 5.33. The third-order valence-electron chi connectivity index (χ3n) is 3.48. The van der Waals surface area contributed by atoms with E-state index >= 15 is 0 Å². The summed E-state index contributed by atoms with van der Waals surface area (Å²) in [6, 6.07) is 7.23. The molecule has 5 heteroatoms. The van der Waals surface area contributed by atoms with Crippen molar-refractivity contribution < 1.29 is 19.1 Å². The van der Waals surface area contributed by atoms with Crippen LogP contribution in [0.1, 0.15) is 44.8 Å². The fourth-order valence-electron chi connectivity index (χ4n) is 2.59. The molecule has 0 spiro atoms. The number of carbonyl (C=O) groups is 2. The lowest BCUT2D eigenvalue weighted by Crippen LogP contribution is -2.40. The van der Waals surface area contributed by atoms with Crippen molar-refractivity contribution in [1.29, 1.82) is 0 Å². The minimum atomic E-state index is -0.353. The number of carbonyl (C=O) groups excluding carboxylic acids is 2. The quantitative estimate of drug-likeness (QED) is 0.681. The van der Waals surface area contributed by atoms with Gasteiger partial charge in [0.1, 0.15) is 11.9 Å². The van der Waals surface area contributed by atoms with E-state index in [0.717, 1.165) is 31.4 Å². The molecule has 2 rings (SSSR count). The van der Waals surface area contributed by atoms with E-state index in [4.69, 9.17) is 9.47 Å². The van der Waals surface area contributed by atoms with Gasteiger partial charge >= 0.3 is 11.9 Å². The number of ether oxygens (including phenoxy) is 2. The molecular weight excluding hydrogens is 270 g/mol. The van der Waals surface area contributed by atoms with Crippen LogP contribution < -0.4 is 10.1 Å². The molecule has 0 saturated carbocycles. The monoisotopic (exact) mass is 291 g/mol. The van der Waals surface area contributed by atoms with Gasteiger partial charge in [-0.05, 0) is 37.1 Å². The lowest BCUT2D eigenvalue weighted by molar-refractivity contribution is -0.148. The zero-order valence-corrected chi connectivity index (χ0v) is 12.4. The number of hydrogen-bond acceptors (Lipinski definition) is 5. The van der Waals surface area contributed by atoms with Crippen molar-refractivity contribution in [2.75, 3.05) is 6.54 Å². The fourth-order valence-corrected chi connectivity index (χ4v) is 2.59. The Bertz CT molecular complexity index is 492. The van der Waals surface area contributed by atoms with Crippen molar-refractivity contribution in [2.45, 2.75) is 45.3 Å². The number of benzene rings is 1. The van der Waals surface area contributed by atoms with Gasteiger partial charge in [0.2, 0.25) is 0 Å². The molecule has 1 aliphatic rings. The maximum atomic E-state index is 11.4. The van der Waals surface area contributed by atoms with E-state index in [-0.39, 0.29) is 24.1 Å². The van der Waals surface area contributed by atoms with Crippen LogP contribution in [0.2, 0.25) is 0 Å². The Morgan fingerprint density at radius 2 is 1.86 bits per heavy atom.